The summed E-state index contributed by atoms with van der Waals surface area (Å²) >= 11 is 5.70. The second-order valence-electron chi connectivity index (χ2n) is 2.98. The van der Waals surface area contributed by atoms with Crippen LogP contribution < -0.4 is 5.73 Å². The van der Waals surface area contributed by atoms with E-state index in [2.05, 4.69) is 4.98 Å². The Morgan fingerprint density at radius 1 is 1.69 bits per heavy atom. The number of nitrogens with zero attached hydrogens (tertiary/aromatic N) is 1. The van der Waals surface area contributed by atoms with Crippen LogP contribution in [0.4, 0.5) is 0 Å². The molecule has 72 valence electrons. The third kappa shape index (κ3) is 2.66. The van der Waals surface area contributed by atoms with Crippen LogP contribution in [-0.2, 0) is 0 Å². The van der Waals surface area contributed by atoms with E-state index in [1.165, 1.54) is 0 Å². The number of rotatable bonds is 3. The Kier molecular flexibility index (Phi) is 3.66. The highest BCUT2D eigenvalue weighted by molar-refractivity contribution is 6.29. The fourth-order valence-electron chi connectivity index (χ4n) is 1.22. The third-order valence-corrected chi connectivity index (χ3v) is 2.16. The summed E-state index contributed by atoms with van der Waals surface area (Å²) in [5, 5.41) is 9.19. The third-order valence-electron chi connectivity index (χ3n) is 1.96. The molecular formula is C9H13ClN2O. The van der Waals surface area contributed by atoms with Gasteiger partial charge in [0.15, 0.2) is 0 Å². The van der Waals surface area contributed by atoms with Crippen molar-refractivity contribution in [3.63, 3.8) is 0 Å². The highest BCUT2D eigenvalue weighted by Gasteiger charge is 2.08. The van der Waals surface area contributed by atoms with E-state index >= 15 is 0 Å². The molecule has 0 radical (unpaired) electrons. The normalized spacial score (nSPS) is 12.9. The molecule has 0 aromatic carbocycles. The van der Waals surface area contributed by atoms with Gasteiger partial charge in [0, 0.05) is 18.8 Å². The van der Waals surface area contributed by atoms with Gasteiger partial charge in [0.1, 0.15) is 5.15 Å². The summed E-state index contributed by atoms with van der Waals surface area (Å²) in [5.74, 6) is 0. The molecule has 0 saturated carbocycles. The molecule has 0 spiro atoms. The predicted molar refractivity (Wildman–Crippen MR) is 52.6 cm³/mol. The van der Waals surface area contributed by atoms with Crippen LogP contribution in [0.1, 0.15) is 23.6 Å². The van der Waals surface area contributed by atoms with Gasteiger partial charge < -0.3 is 10.8 Å². The molecule has 3 nitrogen and oxygen atoms in total. The molecule has 0 aliphatic rings. The monoisotopic (exact) mass is 200 g/mol. The largest absolute Gasteiger partial charge is 0.396 e. The summed E-state index contributed by atoms with van der Waals surface area (Å²) in [4.78, 5) is 3.95. The van der Waals surface area contributed by atoms with E-state index < -0.39 is 0 Å². The SMILES string of the molecule is Cc1cc(Cl)ncc1[C@H](N)CCO. The van der Waals surface area contributed by atoms with Gasteiger partial charge in [0.05, 0.1) is 0 Å². The molecule has 1 atom stereocenters. The molecule has 1 rings (SSSR count). The first-order valence-electron chi connectivity index (χ1n) is 4.13. The van der Waals surface area contributed by atoms with Gasteiger partial charge in [0.2, 0.25) is 0 Å². The average molecular weight is 201 g/mol. The first-order chi connectivity index (χ1) is 6.15. The van der Waals surface area contributed by atoms with E-state index in [4.69, 9.17) is 22.4 Å². The summed E-state index contributed by atoms with van der Waals surface area (Å²) < 4.78 is 0. The smallest absolute Gasteiger partial charge is 0.129 e. The summed E-state index contributed by atoms with van der Waals surface area (Å²) in [6.07, 6.45) is 2.21. The van der Waals surface area contributed by atoms with Gasteiger partial charge in [-0.1, -0.05) is 11.6 Å². The van der Waals surface area contributed by atoms with E-state index in [1.54, 1.807) is 12.3 Å². The first kappa shape index (κ1) is 10.4. The lowest BCUT2D eigenvalue weighted by Crippen LogP contribution is -2.13. The van der Waals surface area contributed by atoms with Crippen LogP contribution in [0.5, 0.6) is 0 Å². The zero-order chi connectivity index (χ0) is 9.84. The lowest BCUT2D eigenvalue weighted by atomic mass is 10.0. The summed E-state index contributed by atoms with van der Waals surface area (Å²) in [6.45, 7) is 2.02. The van der Waals surface area contributed by atoms with E-state index in [-0.39, 0.29) is 12.6 Å². The first-order valence-corrected chi connectivity index (χ1v) is 4.51. The van der Waals surface area contributed by atoms with Crippen molar-refractivity contribution in [2.24, 2.45) is 5.73 Å². The lowest BCUT2D eigenvalue weighted by molar-refractivity contribution is 0.276. The van der Waals surface area contributed by atoms with Crippen molar-refractivity contribution < 1.29 is 5.11 Å². The number of aliphatic hydroxyl groups excluding tert-OH is 1. The predicted octanol–water partition coefficient (Wildman–Crippen LogP) is 1.43. The molecule has 0 amide bonds. The molecule has 0 aliphatic carbocycles. The minimum atomic E-state index is -0.158. The molecule has 1 aromatic rings. The van der Waals surface area contributed by atoms with Crippen molar-refractivity contribution in [1.82, 2.24) is 4.98 Å². The van der Waals surface area contributed by atoms with E-state index in [1.807, 2.05) is 6.92 Å². The zero-order valence-electron chi connectivity index (χ0n) is 7.50. The van der Waals surface area contributed by atoms with Gasteiger partial charge in [0.25, 0.3) is 0 Å². The Bertz CT molecular complexity index is 291. The van der Waals surface area contributed by atoms with Crippen molar-refractivity contribution in [1.29, 1.82) is 0 Å². The number of hydrogen-bond acceptors (Lipinski definition) is 3. The molecular weight excluding hydrogens is 188 g/mol. The zero-order valence-corrected chi connectivity index (χ0v) is 8.25. The summed E-state index contributed by atoms with van der Waals surface area (Å²) in [7, 11) is 0. The quantitative estimate of drug-likeness (QED) is 0.726. The average Bonchev–Trinajstić information content (AvgIpc) is 2.04. The van der Waals surface area contributed by atoms with Gasteiger partial charge in [-0.2, -0.15) is 0 Å². The fourth-order valence-corrected chi connectivity index (χ4v) is 1.43. The summed E-state index contributed by atoms with van der Waals surface area (Å²) in [6, 6.07) is 1.61. The molecule has 0 unspecified atom stereocenters. The van der Waals surface area contributed by atoms with Gasteiger partial charge in [-0.05, 0) is 30.5 Å². The number of pyridine rings is 1. The van der Waals surface area contributed by atoms with Crippen LogP contribution in [-0.4, -0.2) is 16.7 Å². The fraction of sp³-hybridized carbons (Fsp3) is 0.444. The standard InChI is InChI=1S/C9H13ClN2O/c1-6-4-9(10)12-5-7(6)8(11)2-3-13/h4-5,8,13H,2-3,11H2,1H3/t8-/m1/s1. The van der Waals surface area contributed by atoms with Gasteiger partial charge >= 0.3 is 0 Å². The molecule has 4 heteroatoms. The molecule has 0 saturated heterocycles. The Balaban J connectivity index is 2.88. The number of aromatic nitrogens is 1. The van der Waals surface area contributed by atoms with Gasteiger partial charge in [-0.3, -0.25) is 0 Å². The van der Waals surface area contributed by atoms with Crippen molar-refractivity contribution in [3.8, 4) is 0 Å². The Morgan fingerprint density at radius 2 is 2.38 bits per heavy atom. The molecule has 0 fully saturated rings. The van der Waals surface area contributed by atoms with Crippen molar-refractivity contribution >= 4 is 11.6 Å². The highest BCUT2D eigenvalue weighted by atomic mass is 35.5. The molecule has 0 bridgehead atoms. The van der Waals surface area contributed by atoms with Crippen LogP contribution in [0.25, 0.3) is 0 Å². The van der Waals surface area contributed by atoms with E-state index in [0.717, 1.165) is 11.1 Å². The molecule has 13 heavy (non-hydrogen) atoms. The molecule has 1 aromatic heterocycles. The van der Waals surface area contributed by atoms with Crippen LogP contribution in [0, 0.1) is 6.92 Å². The lowest BCUT2D eigenvalue weighted by Gasteiger charge is -2.12. The van der Waals surface area contributed by atoms with Crippen LogP contribution in [0.3, 0.4) is 0 Å². The maximum Gasteiger partial charge on any atom is 0.129 e. The van der Waals surface area contributed by atoms with Gasteiger partial charge in [-0.25, -0.2) is 4.98 Å². The van der Waals surface area contributed by atoms with Crippen LogP contribution in [0.15, 0.2) is 12.3 Å². The van der Waals surface area contributed by atoms with Crippen molar-refractivity contribution in [2.75, 3.05) is 6.61 Å². The second-order valence-corrected chi connectivity index (χ2v) is 3.37. The second kappa shape index (κ2) is 4.56. The topological polar surface area (TPSA) is 59.1 Å². The van der Waals surface area contributed by atoms with Crippen LogP contribution >= 0.6 is 11.6 Å². The minimum Gasteiger partial charge on any atom is -0.396 e. The minimum absolute atomic E-state index is 0.0865. The van der Waals surface area contributed by atoms with E-state index in [9.17, 15) is 0 Å². The van der Waals surface area contributed by atoms with Crippen molar-refractivity contribution in [3.05, 3.63) is 28.5 Å². The maximum absolute atomic E-state index is 8.72. The number of hydrogen-bond donors (Lipinski definition) is 2. The number of aryl methyl sites for hydroxylation is 1. The van der Waals surface area contributed by atoms with Crippen LogP contribution in [0.2, 0.25) is 5.15 Å². The maximum atomic E-state index is 8.72. The Morgan fingerprint density at radius 3 is 2.92 bits per heavy atom. The van der Waals surface area contributed by atoms with Crippen molar-refractivity contribution in [2.45, 2.75) is 19.4 Å². The molecule has 1 heterocycles. The van der Waals surface area contributed by atoms with Gasteiger partial charge in [-0.15, -0.1) is 0 Å². The molecule has 0 aliphatic heterocycles. The highest BCUT2D eigenvalue weighted by Crippen LogP contribution is 2.19. The number of aliphatic hydroxyl groups is 1. The molecule has 3 N–H and O–H groups in total. The van der Waals surface area contributed by atoms with E-state index in [0.29, 0.717) is 11.6 Å². The number of halogens is 1. The number of nitrogens with two attached hydrogens (primary N) is 1. The Labute approximate surface area is 82.5 Å². The Hall–Kier alpha value is -0.640. The summed E-state index contributed by atoms with van der Waals surface area (Å²) in [5.41, 5.74) is 7.77.